The molecule has 40 heavy (non-hydrogen) atoms. The fraction of sp³-hybridized carbons (Fsp3) is 0.400. The highest BCUT2D eigenvalue weighted by molar-refractivity contribution is 7.87. The molecule has 1 fully saturated rings. The Morgan fingerprint density at radius 3 is 2.48 bits per heavy atom. The lowest BCUT2D eigenvalue weighted by atomic mass is 9.81. The van der Waals surface area contributed by atoms with Crippen LogP contribution < -0.4 is 4.72 Å². The first-order valence-electron chi connectivity index (χ1n) is 13.5. The molecule has 1 aliphatic heterocycles. The van der Waals surface area contributed by atoms with E-state index in [-0.39, 0.29) is 12.1 Å². The number of fused-ring (bicyclic) bond motifs is 5. The fourth-order valence-electron chi connectivity index (χ4n) is 5.91. The third-order valence-electron chi connectivity index (χ3n) is 7.87. The SMILES string of the molecule is COCc1ccc2c(c1)C=C(C(=O)OC)Cn1c-2c(C2CCCCC2)c2ccc(C(=O)NS(=O)(=O)N(C)C)cc21. The number of amides is 1. The van der Waals surface area contributed by atoms with Crippen LogP contribution in [0.15, 0.2) is 42.0 Å². The van der Waals surface area contributed by atoms with Crippen molar-refractivity contribution >= 4 is 39.1 Å². The number of aromatic nitrogens is 1. The summed E-state index contributed by atoms with van der Waals surface area (Å²) in [6.07, 6.45) is 7.49. The summed E-state index contributed by atoms with van der Waals surface area (Å²) in [6, 6.07) is 11.5. The van der Waals surface area contributed by atoms with E-state index in [1.807, 2.05) is 24.3 Å². The standard InChI is InChI=1S/C30H35N3O6S/c1-32(2)40(36,37)31-29(34)21-11-13-25-26(16-21)33-17-23(30(35)39-4)15-22-14-19(18-38-3)10-12-24(22)28(33)27(25)20-8-6-5-7-9-20/h10-16,20H,5-9,17-18H2,1-4H3,(H,31,34). The maximum Gasteiger partial charge on any atom is 0.335 e. The van der Waals surface area contributed by atoms with Crippen molar-refractivity contribution in [2.75, 3.05) is 28.3 Å². The second-order valence-electron chi connectivity index (χ2n) is 10.6. The number of methoxy groups -OCH3 is 2. The smallest absolute Gasteiger partial charge is 0.335 e. The van der Waals surface area contributed by atoms with Crippen LogP contribution in [0.5, 0.6) is 0 Å². The summed E-state index contributed by atoms with van der Waals surface area (Å²) in [5.41, 5.74) is 6.60. The Morgan fingerprint density at radius 2 is 1.80 bits per heavy atom. The Hall–Kier alpha value is -3.47. The number of nitrogens with one attached hydrogen (secondary N) is 1. The van der Waals surface area contributed by atoms with Gasteiger partial charge in [-0.15, -0.1) is 0 Å². The van der Waals surface area contributed by atoms with Gasteiger partial charge in [-0.1, -0.05) is 37.5 Å². The predicted molar refractivity (Wildman–Crippen MR) is 154 cm³/mol. The molecular weight excluding hydrogens is 530 g/mol. The highest BCUT2D eigenvalue weighted by Gasteiger charge is 2.31. The van der Waals surface area contributed by atoms with E-state index in [0.29, 0.717) is 18.1 Å². The van der Waals surface area contributed by atoms with Crippen LogP contribution in [0.1, 0.15) is 65.1 Å². The van der Waals surface area contributed by atoms with E-state index in [2.05, 4.69) is 15.4 Å². The molecule has 3 aromatic rings. The number of rotatable bonds is 7. The fourth-order valence-corrected chi connectivity index (χ4v) is 6.44. The number of benzene rings is 2. The van der Waals surface area contributed by atoms with Crippen LogP contribution in [0.2, 0.25) is 0 Å². The lowest BCUT2D eigenvalue weighted by molar-refractivity contribution is -0.136. The molecule has 10 heteroatoms. The number of ether oxygens (including phenoxy) is 2. The third kappa shape index (κ3) is 5.18. The van der Waals surface area contributed by atoms with Crippen LogP contribution in [0.4, 0.5) is 0 Å². The Labute approximate surface area is 234 Å². The molecule has 0 atom stereocenters. The van der Waals surface area contributed by atoms with Crippen molar-refractivity contribution in [3.05, 3.63) is 64.2 Å². The van der Waals surface area contributed by atoms with Gasteiger partial charge in [0.2, 0.25) is 0 Å². The van der Waals surface area contributed by atoms with Gasteiger partial charge in [-0.05, 0) is 59.7 Å². The molecule has 0 saturated heterocycles. The molecule has 1 saturated carbocycles. The highest BCUT2D eigenvalue weighted by Crippen LogP contribution is 2.46. The van der Waals surface area contributed by atoms with Crippen LogP contribution in [-0.4, -0.2) is 57.5 Å². The van der Waals surface area contributed by atoms with E-state index in [1.165, 1.54) is 33.2 Å². The minimum absolute atomic E-state index is 0.219. The minimum atomic E-state index is -3.96. The average molecular weight is 566 g/mol. The van der Waals surface area contributed by atoms with Crippen LogP contribution in [-0.2, 0) is 37.6 Å². The molecule has 1 N–H and O–H groups in total. The van der Waals surface area contributed by atoms with Crippen molar-refractivity contribution in [2.45, 2.75) is 51.2 Å². The van der Waals surface area contributed by atoms with Crippen molar-refractivity contribution in [1.82, 2.24) is 13.6 Å². The van der Waals surface area contributed by atoms with Gasteiger partial charge in [0.05, 0.1) is 31.5 Å². The van der Waals surface area contributed by atoms with Crippen LogP contribution in [0, 0.1) is 0 Å². The van der Waals surface area contributed by atoms with Gasteiger partial charge in [0.25, 0.3) is 5.91 Å². The molecular formula is C30H35N3O6S. The first-order chi connectivity index (χ1) is 19.1. The van der Waals surface area contributed by atoms with E-state index in [4.69, 9.17) is 9.47 Å². The highest BCUT2D eigenvalue weighted by atomic mass is 32.2. The largest absolute Gasteiger partial charge is 0.466 e. The summed E-state index contributed by atoms with van der Waals surface area (Å²) in [7, 11) is 1.78. The van der Waals surface area contributed by atoms with Crippen molar-refractivity contribution in [2.24, 2.45) is 0 Å². The van der Waals surface area contributed by atoms with Crippen molar-refractivity contribution < 1.29 is 27.5 Å². The Kier molecular flexibility index (Phi) is 7.85. The van der Waals surface area contributed by atoms with E-state index in [9.17, 15) is 18.0 Å². The lowest BCUT2D eigenvalue weighted by Gasteiger charge is -2.24. The molecule has 0 radical (unpaired) electrons. The second kappa shape index (κ2) is 11.2. The van der Waals surface area contributed by atoms with Crippen LogP contribution in [0.25, 0.3) is 28.2 Å². The molecule has 5 rings (SSSR count). The maximum absolute atomic E-state index is 13.0. The first-order valence-corrected chi connectivity index (χ1v) is 14.9. The quantitative estimate of drug-likeness (QED) is 0.420. The summed E-state index contributed by atoms with van der Waals surface area (Å²) in [5.74, 6) is -0.817. The summed E-state index contributed by atoms with van der Waals surface area (Å²) in [6.45, 7) is 0.696. The molecule has 2 heterocycles. The van der Waals surface area contributed by atoms with Gasteiger partial charge < -0.3 is 14.0 Å². The normalized spacial score (nSPS) is 15.8. The van der Waals surface area contributed by atoms with E-state index >= 15 is 0 Å². The second-order valence-corrected chi connectivity index (χ2v) is 12.5. The molecule has 0 unspecified atom stereocenters. The average Bonchev–Trinajstić information content (AvgIpc) is 3.15. The van der Waals surface area contributed by atoms with E-state index in [0.717, 1.165) is 63.3 Å². The van der Waals surface area contributed by atoms with Crippen LogP contribution >= 0.6 is 0 Å². The van der Waals surface area contributed by atoms with Crippen molar-refractivity contribution in [1.29, 1.82) is 0 Å². The first kappa shape index (κ1) is 28.1. The van der Waals surface area contributed by atoms with Gasteiger partial charge in [-0.25, -0.2) is 9.52 Å². The number of hydrogen-bond acceptors (Lipinski definition) is 6. The minimum Gasteiger partial charge on any atom is -0.466 e. The molecule has 212 valence electrons. The van der Waals surface area contributed by atoms with Gasteiger partial charge in [0, 0.05) is 43.2 Å². The third-order valence-corrected chi connectivity index (χ3v) is 9.27. The van der Waals surface area contributed by atoms with Gasteiger partial charge in [0.1, 0.15) is 0 Å². The van der Waals surface area contributed by atoms with Crippen LogP contribution in [0.3, 0.4) is 0 Å². The number of carbonyl (C=O) groups is 2. The molecule has 1 amide bonds. The van der Waals surface area contributed by atoms with Crippen molar-refractivity contribution in [3.8, 4) is 11.3 Å². The van der Waals surface area contributed by atoms with Gasteiger partial charge >= 0.3 is 16.2 Å². The molecule has 1 aliphatic carbocycles. The Balaban J connectivity index is 1.76. The van der Waals surface area contributed by atoms with E-state index < -0.39 is 22.1 Å². The molecule has 2 aromatic carbocycles. The molecule has 2 aliphatic rings. The number of nitrogens with zero attached hydrogens (tertiary/aromatic N) is 2. The van der Waals surface area contributed by atoms with E-state index in [1.54, 1.807) is 19.2 Å². The maximum atomic E-state index is 13.0. The Bertz CT molecular complexity index is 1610. The monoisotopic (exact) mass is 565 g/mol. The van der Waals surface area contributed by atoms with Gasteiger partial charge in [0.15, 0.2) is 0 Å². The zero-order chi connectivity index (χ0) is 28.6. The van der Waals surface area contributed by atoms with Gasteiger partial charge in [-0.3, -0.25) is 4.79 Å². The Morgan fingerprint density at radius 1 is 1.05 bits per heavy atom. The predicted octanol–water partition coefficient (Wildman–Crippen LogP) is 4.61. The van der Waals surface area contributed by atoms with Gasteiger partial charge in [-0.2, -0.15) is 12.7 Å². The molecule has 1 aromatic heterocycles. The number of carbonyl (C=O) groups excluding carboxylic acids is 2. The summed E-state index contributed by atoms with van der Waals surface area (Å²) in [5, 5.41) is 1.01. The summed E-state index contributed by atoms with van der Waals surface area (Å²) in [4.78, 5) is 26.0. The summed E-state index contributed by atoms with van der Waals surface area (Å²) >= 11 is 0. The molecule has 0 spiro atoms. The number of esters is 1. The zero-order valence-electron chi connectivity index (χ0n) is 23.3. The molecule has 0 bridgehead atoms. The molecule has 9 nitrogen and oxygen atoms in total. The lowest BCUT2D eigenvalue weighted by Crippen LogP contribution is -2.39. The summed E-state index contributed by atoms with van der Waals surface area (Å²) < 4.78 is 40.4. The zero-order valence-corrected chi connectivity index (χ0v) is 24.1. The number of hydrogen-bond donors (Lipinski definition) is 1. The topological polar surface area (TPSA) is 107 Å². The van der Waals surface area contributed by atoms with Crippen molar-refractivity contribution in [3.63, 3.8) is 0 Å².